The Morgan fingerprint density at radius 3 is 1.87 bits per heavy atom. The summed E-state index contributed by atoms with van der Waals surface area (Å²) in [5, 5.41) is 14.3. The standard InChI is InChI=1S/C15H18ClN3O4/c1-3-22-8-13(20)18-11-5-10(7-17)6-12(15(11)16)19-14(21)9-23-4-2/h5-6H,3-4,8-9H2,1-2H3,(H,18,20)(H,19,21). The number of nitrogens with zero attached hydrogens (tertiary/aromatic N) is 1. The quantitative estimate of drug-likeness (QED) is 0.756. The summed E-state index contributed by atoms with van der Waals surface area (Å²) >= 11 is 6.17. The second-order valence-corrected chi connectivity index (χ2v) is 4.75. The van der Waals surface area contributed by atoms with Crippen LogP contribution in [0.15, 0.2) is 12.1 Å². The van der Waals surface area contributed by atoms with E-state index in [2.05, 4.69) is 10.6 Å². The number of rotatable bonds is 8. The fourth-order valence-corrected chi connectivity index (χ4v) is 1.84. The van der Waals surface area contributed by atoms with E-state index < -0.39 is 11.8 Å². The van der Waals surface area contributed by atoms with Crippen LogP contribution in [0.3, 0.4) is 0 Å². The molecule has 2 N–H and O–H groups in total. The van der Waals surface area contributed by atoms with Gasteiger partial charge in [0.2, 0.25) is 11.8 Å². The molecule has 1 aromatic rings. The molecule has 1 rings (SSSR count). The Kier molecular flexibility index (Phi) is 8.05. The van der Waals surface area contributed by atoms with Crippen molar-refractivity contribution in [1.82, 2.24) is 0 Å². The number of hydrogen-bond donors (Lipinski definition) is 2. The van der Waals surface area contributed by atoms with Crippen molar-refractivity contribution in [2.24, 2.45) is 0 Å². The lowest BCUT2D eigenvalue weighted by molar-refractivity contribution is -0.121. The van der Waals surface area contributed by atoms with Crippen molar-refractivity contribution in [1.29, 1.82) is 5.26 Å². The van der Waals surface area contributed by atoms with Crippen molar-refractivity contribution in [3.8, 4) is 6.07 Å². The average Bonchev–Trinajstić information content (AvgIpc) is 2.54. The number of anilines is 2. The SMILES string of the molecule is CCOCC(=O)Nc1cc(C#N)cc(NC(=O)COCC)c1Cl. The molecule has 0 saturated heterocycles. The van der Waals surface area contributed by atoms with Crippen molar-refractivity contribution >= 4 is 34.8 Å². The van der Waals surface area contributed by atoms with Gasteiger partial charge in [-0.05, 0) is 26.0 Å². The van der Waals surface area contributed by atoms with Gasteiger partial charge in [0, 0.05) is 13.2 Å². The fraction of sp³-hybridized carbons (Fsp3) is 0.400. The van der Waals surface area contributed by atoms with Gasteiger partial charge < -0.3 is 20.1 Å². The molecule has 0 aromatic heterocycles. The molecule has 8 heteroatoms. The number of ether oxygens (including phenoxy) is 2. The Balaban J connectivity index is 2.95. The lowest BCUT2D eigenvalue weighted by Gasteiger charge is -2.13. The van der Waals surface area contributed by atoms with E-state index in [0.717, 1.165) is 0 Å². The zero-order valence-electron chi connectivity index (χ0n) is 12.9. The third kappa shape index (κ3) is 6.24. The van der Waals surface area contributed by atoms with Crippen molar-refractivity contribution in [3.63, 3.8) is 0 Å². The first-order valence-corrected chi connectivity index (χ1v) is 7.38. The van der Waals surface area contributed by atoms with Gasteiger partial charge in [0.05, 0.1) is 28.0 Å². The molecule has 0 bridgehead atoms. The van der Waals surface area contributed by atoms with E-state index in [1.54, 1.807) is 13.8 Å². The predicted molar refractivity (Wildman–Crippen MR) is 86.4 cm³/mol. The molecule has 0 aliphatic rings. The summed E-state index contributed by atoms with van der Waals surface area (Å²) in [5.74, 6) is -0.814. The molecule has 0 spiro atoms. The highest BCUT2D eigenvalue weighted by Crippen LogP contribution is 2.32. The molecule has 1 aromatic carbocycles. The van der Waals surface area contributed by atoms with Crippen molar-refractivity contribution in [2.45, 2.75) is 13.8 Å². The minimum Gasteiger partial charge on any atom is -0.372 e. The number of carbonyl (C=O) groups is 2. The topological polar surface area (TPSA) is 100 Å². The zero-order chi connectivity index (χ0) is 17.2. The highest BCUT2D eigenvalue weighted by atomic mass is 35.5. The van der Waals surface area contributed by atoms with Gasteiger partial charge in [-0.2, -0.15) is 5.26 Å². The van der Waals surface area contributed by atoms with Crippen LogP contribution in [0.1, 0.15) is 19.4 Å². The molecule has 0 saturated carbocycles. The molecule has 0 heterocycles. The second-order valence-electron chi connectivity index (χ2n) is 4.37. The molecule has 0 aliphatic carbocycles. The Morgan fingerprint density at radius 1 is 1.09 bits per heavy atom. The predicted octanol–water partition coefficient (Wildman–Crippen LogP) is 2.16. The summed E-state index contributed by atoms with van der Waals surface area (Å²) in [4.78, 5) is 23.4. The van der Waals surface area contributed by atoms with Crippen LogP contribution in [-0.2, 0) is 19.1 Å². The third-order valence-corrected chi connectivity index (χ3v) is 3.03. The Hall–Kier alpha value is -2.14. The van der Waals surface area contributed by atoms with Crippen molar-refractivity contribution in [3.05, 3.63) is 22.7 Å². The second kappa shape index (κ2) is 9.79. The molecule has 0 aliphatic heterocycles. The van der Waals surface area contributed by atoms with Crippen molar-refractivity contribution in [2.75, 3.05) is 37.1 Å². The van der Waals surface area contributed by atoms with Crippen molar-refractivity contribution < 1.29 is 19.1 Å². The summed E-state index contributed by atoms with van der Waals surface area (Å²) < 4.78 is 9.99. The van der Waals surface area contributed by atoms with Gasteiger partial charge >= 0.3 is 0 Å². The first kappa shape index (κ1) is 18.9. The number of nitrogens with one attached hydrogen (secondary N) is 2. The average molecular weight is 340 g/mol. The Morgan fingerprint density at radius 2 is 1.52 bits per heavy atom. The van der Waals surface area contributed by atoms with E-state index in [4.69, 9.17) is 26.3 Å². The van der Waals surface area contributed by atoms with Crippen LogP contribution >= 0.6 is 11.6 Å². The summed E-state index contributed by atoms with van der Waals surface area (Å²) in [6.45, 7) is 4.08. The zero-order valence-corrected chi connectivity index (χ0v) is 13.7. The largest absolute Gasteiger partial charge is 0.372 e. The van der Waals surface area contributed by atoms with Crippen LogP contribution in [-0.4, -0.2) is 38.2 Å². The number of halogens is 1. The van der Waals surface area contributed by atoms with Crippen LogP contribution in [0.2, 0.25) is 5.02 Å². The van der Waals surface area contributed by atoms with Gasteiger partial charge in [-0.25, -0.2) is 0 Å². The van der Waals surface area contributed by atoms with Gasteiger partial charge in [0.1, 0.15) is 13.2 Å². The molecule has 0 unspecified atom stereocenters. The van der Waals surface area contributed by atoms with Crippen LogP contribution in [0, 0.1) is 11.3 Å². The highest BCUT2D eigenvalue weighted by molar-refractivity contribution is 6.37. The molecule has 0 fully saturated rings. The van der Waals surface area contributed by atoms with Crippen LogP contribution in [0.4, 0.5) is 11.4 Å². The number of carbonyl (C=O) groups excluding carboxylic acids is 2. The maximum atomic E-state index is 11.7. The Bertz CT molecular complexity index is 570. The molecule has 124 valence electrons. The monoisotopic (exact) mass is 339 g/mol. The molecule has 0 atom stereocenters. The van der Waals surface area contributed by atoms with E-state index in [0.29, 0.717) is 13.2 Å². The fourth-order valence-electron chi connectivity index (χ4n) is 1.63. The number of amides is 2. The summed E-state index contributed by atoms with van der Waals surface area (Å²) in [5.41, 5.74) is 0.692. The van der Waals surface area contributed by atoms with Gasteiger partial charge in [0.15, 0.2) is 0 Å². The van der Waals surface area contributed by atoms with Crippen LogP contribution < -0.4 is 10.6 Å². The normalized spacial score (nSPS) is 10.0. The third-order valence-electron chi connectivity index (χ3n) is 2.62. The summed E-state index contributed by atoms with van der Waals surface area (Å²) in [6.07, 6.45) is 0. The van der Waals surface area contributed by atoms with Gasteiger partial charge in [-0.15, -0.1) is 0 Å². The van der Waals surface area contributed by atoms with Gasteiger partial charge in [0.25, 0.3) is 0 Å². The first-order chi connectivity index (χ1) is 11.0. The highest BCUT2D eigenvalue weighted by Gasteiger charge is 2.14. The lowest BCUT2D eigenvalue weighted by atomic mass is 10.2. The number of nitriles is 1. The maximum Gasteiger partial charge on any atom is 0.250 e. The maximum absolute atomic E-state index is 11.7. The molecule has 7 nitrogen and oxygen atoms in total. The summed E-state index contributed by atoms with van der Waals surface area (Å²) in [6, 6.07) is 4.79. The molecule has 23 heavy (non-hydrogen) atoms. The van der Waals surface area contributed by atoms with E-state index in [-0.39, 0.29) is 35.2 Å². The van der Waals surface area contributed by atoms with Gasteiger partial charge in [-0.1, -0.05) is 11.6 Å². The smallest absolute Gasteiger partial charge is 0.250 e. The van der Waals surface area contributed by atoms with Gasteiger partial charge in [-0.3, -0.25) is 9.59 Å². The molecule has 2 amide bonds. The molecular formula is C15H18ClN3O4. The van der Waals surface area contributed by atoms with E-state index in [9.17, 15) is 9.59 Å². The van der Waals surface area contributed by atoms with Crippen LogP contribution in [0.5, 0.6) is 0 Å². The van der Waals surface area contributed by atoms with E-state index in [1.807, 2.05) is 6.07 Å². The lowest BCUT2D eigenvalue weighted by Crippen LogP contribution is -2.20. The number of benzene rings is 1. The Labute approximate surface area is 139 Å². The first-order valence-electron chi connectivity index (χ1n) is 7.00. The summed E-state index contributed by atoms with van der Waals surface area (Å²) in [7, 11) is 0. The van der Waals surface area contributed by atoms with E-state index in [1.165, 1.54) is 12.1 Å². The minimum absolute atomic E-state index is 0.124. The van der Waals surface area contributed by atoms with E-state index >= 15 is 0 Å². The minimum atomic E-state index is -0.407. The number of hydrogen-bond acceptors (Lipinski definition) is 5. The molecule has 0 radical (unpaired) electrons. The molecular weight excluding hydrogens is 322 g/mol. The van der Waals surface area contributed by atoms with Crippen LogP contribution in [0.25, 0.3) is 0 Å².